The first-order chi connectivity index (χ1) is 15.1. The van der Waals surface area contributed by atoms with Crippen LogP contribution in [-0.2, 0) is 19.8 Å². The highest BCUT2D eigenvalue weighted by molar-refractivity contribution is 6.06. The van der Waals surface area contributed by atoms with Crippen LogP contribution in [0.3, 0.4) is 0 Å². The first-order valence-electron chi connectivity index (χ1n) is 9.20. The van der Waals surface area contributed by atoms with E-state index in [1.165, 1.54) is 19.3 Å². The number of nitrogens with one attached hydrogen (secondary N) is 3. The Labute approximate surface area is 179 Å². The van der Waals surface area contributed by atoms with Crippen molar-refractivity contribution in [2.75, 3.05) is 17.7 Å². The Balaban J connectivity index is 1.92. The van der Waals surface area contributed by atoms with E-state index in [2.05, 4.69) is 25.9 Å². The lowest BCUT2D eigenvalue weighted by Crippen LogP contribution is -2.20. The van der Waals surface area contributed by atoms with Crippen LogP contribution in [0.15, 0.2) is 42.9 Å². The van der Waals surface area contributed by atoms with Gasteiger partial charge in [0.25, 0.3) is 11.8 Å². The Bertz CT molecular complexity index is 1160. The molecule has 8 nitrogen and oxygen atoms in total. The zero-order valence-corrected chi connectivity index (χ0v) is 16.9. The standard InChI is InChI=1S/C20H18F4N6O2/c1-25-18(31)12-7-15(17(27-9-12)28-10-16-26-3-4-30(16)2)29-19(32)11-5-13(20(22,23)24)8-14(21)6-11/h3-9H,10H2,1-2H3,(H,25,31)(H,27,28)(H,29,32). The molecule has 0 spiro atoms. The van der Waals surface area contributed by atoms with Crippen molar-refractivity contribution in [2.24, 2.45) is 7.05 Å². The molecule has 0 fully saturated rings. The van der Waals surface area contributed by atoms with Crippen molar-refractivity contribution in [3.05, 3.63) is 71.2 Å². The predicted octanol–water partition coefficient (Wildman–Crippen LogP) is 3.20. The molecule has 0 saturated carbocycles. The van der Waals surface area contributed by atoms with Crippen molar-refractivity contribution in [1.82, 2.24) is 19.9 Å². The quantitative estimate of drug-likeness (QED) is 0.501. The minimum Gasteiger partial charge on any atom is -0.361 e. The number of amides is 2. The summed E-state index contributed by atoms with van der Waals surface area (Å²) in [5.41, 5.74) is -1.73. The number of carbonyl (C=O) groups excluding carboxylic acids is 2. The van der Waals surface area contributed by atoms with Gasteiger partial charge in [-0.05, 0) is 24.3 Å². The molecule has 3 aromatic rings. The molecule has 2 aromatic heterocycles. The fourth-order valence-corrected chi connectivity index (χ4v) is 2.78. The van der Waals surface area contributed by atoms with Crippen LogP contribution in [0.1, 0.15) is 32.1 Å². The summed E-state index contributed by atoms with van der Waals surface area (Å²) in [6.45, 7) is 0.205. The summed E-state index contributed by atoms with van der Waals surface area (Å²) in [6.07, 6.45) is -0.250. The molecule has 2 heterocycles. The highest BCUT2D eigenvalue weighted by Crippen LogP contribution is 2.31. The van der Waals surface area contributed by atoms with Crippen molar-refractivity contribution < 1.29 is 27.2 Å². The van der Waals surface area contributed by atoms with Crippen molar-refractivity contribution in [1.29, 1.82) is 0 Å². The minimum absolute atomic E-state index is 0.0168. The van der Waals surface area contributed by atoms with E-state index in [0.717, 1.165) is 0 Å². The average Bonchev–Trinajstić information content (AvgIpc) is 3.15. The number of nitrogens with zero attached hydrogens (tertiary/aromatic N) is 3. The van der Waals surface area contributed by atoms with Gasteiger partial charge in [0.2, 0.25) is 0 Å². The molecule has 0 aliphatic rings. The summed E-state index contributed by atoms with van der Waals surface area (Å²) < 4.78 is 54.4. The second-order valence-corrected chi connectivity index (χ2v) is 6.69. The molecule has 0 radical (unpaired) electrons. The Morgan fingerprint density at radius 3 is 2.44 bits per heavy atom. The van der Waals surface area contributed by atoms with E-state index in [-0.39, 0.29) is 23.6 Å². The number of halogens is 4. The van der Waals surface area contributed by atoms with E-state index in [1.54, 1.807) is 24.0 Å². The monoisotopic (exact) mass is 450 g/mol. The van der Waals surface area contributed by atoms with Crippen molar-refractivity contribution >= 4 is 23.3 Å². The number of benzene rings is 1. The first kappa shape index (κ1) is 22.7. The zero-order valence-electron chi connectivity index (χ0n) is 16.9. The van der Waals surface area contributed by atoms with Gasteiger partial charge in [0.05, 0.1) is 23.4 Å². The van der Waals surface area contributed by atoms with Crippen LogP contribution in [0.2, 0.25) is 0 Å². The average molecular weight is 450 g/mol. The summed E-state index contributed by atoms with van der Waals surface area (Å²) in [5, 5.41) is 7.75. The summed E-state index contributed by atoms with van der Waals surface area (Å²) >= 11 is 0. The van der Waals surface area contributed by atoms with Crippen molar-refractivity contribution in [2.45, 2.75) is 12.7 Å². The Morgan fingerprint density at radius 1 is 1.06 bits per heavy atom. The van der Waals surface area contributed by atoms with E-state index < -0.39 is 34.9 Å². The fourth-order valence-electron chi connectivity index (χ4n) is 2.78. The topological polar surface area (TPSA) is 101 Å². The van der Waals surface area contributed by atoms with Gasteiger partial charge >= 0.3 is 6.18 Å². The maximum atomic E-state index is 13.7. The molecule has 0 bridgehead atoms. The van der Waals surface area contributed by atoms with Gasteiger partial charge in [0.1, 0.15) is 17.5 Å². The highest BCUT2D eigenvalue weighted by Gasteiger charge is 2.32. The molecule has 0 saturated heterocycles. The van der Waals surface area contributed by atoms with E-state index >= 15 is 0 Å². The molecular weight excluding hydrogens is 432 g/mol. The van der Waals surface area contributed by atoms with Gasteiger partial charge in [-0.1, -0.05) is 0 Å². The molecule has 3 rings (SSSR count). The Kier molecular flexibility index (Phi) is 6.42. The van der Waals surface area contributed by atoms with Gasteiger partial charge in [-0.25, -0.2) is 14.4 Å². The molecule has 0 unspecified atom stereocenters. The molecule has 32 heavy (non-hydrogen) atoms. The number of alkyl halides is 3. The molecular formula is C20H18F4N6O2. The molecule has 0 atom stereocenters. The largest absolute Gasteiger partial charge is 0.416 e. The normalized spacial score (nSPS) is 11.2. The second kappa shape index (κ2) is 9.04. The number of carbonyl (C=O) groups is 2. The number of pyridine rings is 1. The number of aryl methyl sites for hydroxylation is 1. The van der Waals surface area contributed by atoms with E-state index in [4.69, 9.17) is 0 Å². The van der Waals surface area contributed by atoms with Gasteiger partial charge in [-0.3, -0.25) is 9.59 Å². The van der Waals surface area contributed by atoms with E-state index in [1.807, 2.05) is 0 Å². The summed E-state index contributed by atoms with van der Waals surface area (Å²) in [5.74, 6) is -1.93. The third-order valence-electron chi connectivity index (χ3n) is 4.45. The van der Waals surface area contributed by atoms with Crippen LogP contribution in [0.25, 0.3) is 0 Å². The molecule has 12 heteroatoms. The van der Waals surface area contributed by atoms with Crippen LogP contribution in [0, 0.1) is 5.82 Å². The Hall–Kier alpha value is -3.96. The summed E-state index contributed by atoms with van der Waals surface area (Å²) in [4.78, 5) is 32.8. The first-order valence-corrected chi connectivity index (χ1v) is 9.20. The molecule has 168 valence electrons. The lowest BCUT2D eigenvalue weighted by Gasteiger charge is -2.14. The van der Waals surface area contributed by atoms with Crippen LogP contribution >= 0.6 is 0 Å². The van der Waals surface area contributed by atoms with Crippen LogP contribution in [0.4, 0.5) is 29.1 Å². The third-order valence-corrected chi connectivity index (χ3v) is 4.45. The molecule has 0 aliphatic carbocycles. The van der Waals surface area contributed by atoms with E-state index in [9.17, 15) is 27.2 Å². The minimum atomic E-state index is -4.83. The maximum absolute atomic E-state index is 13.7. The molecule has 1 aromatic carbocycles. The predicted molar refractivity (Wildman–Crippen MR) is 108 cm³/mol. The molecule has 0 aliphatic heterocycles. The van der Waals surface area contributed by atoms with E-state index in [0.29, 0.717) is 24.0 Å². The highest BCUT2D eigenvalue weighted by atomic mass is 19.4. The number of hydrogen-bond acceptors (Lipinski definition) is 5. The number of hydrogen-bond donors (Lipinski definition) is 3. The number of anilines is 2. The SMILES string of the molecule is CNC(=O)c1cnc(NCc2nccn2C)c(NC(=O)c2cc(F)cc(C(F)(F)F)c2)c1. The van der Waals surface area contributed by atoms with Crippen molar-refractivity contribution in [3.63, 3.8) is 0 Å². The summed E-state index contributed by atoms with van der Waals surface area (Å²) in [6, 6.07) is 2.82. The number of aromatic nitrogens is 3. The second-order valence-electron chi connectivity index (χ2n) is 6.69. The van der Waals surface area contributed by atoms with Gasteiger partial charge in [-0.2, -0.15) is 13.2 Å². The van der Waals surface area contributed by atoms with Gasteiger partial charge in [-0.15, -0.1) is 0 Å². The number of imidazole rings is 1. The van der Waals surface area contributed by atoms with Crippen molar-refractivity contribution in [3.8, 4) is 0 Å². The van der Waals surface area contributed by atoms with Gasteiger partial charge in [0, 0.05) is 38.2 Å². The fraction of sp³-hybridized carbons (Fsp3) is 0.200. The van der Waals surface area contributed by atoms with Crippen LogP contribution in [0.5, 0.6) is 0 Å². The third kappa shape index (κ3) is 5.20. The van der Waals surface area contributed by atoms with Crippen LogP contribution in [-0.4, -0.2) is 33.4 Å². The molecule has 3 N–H and O–H groups in total. The van der Waals surface area contributed by atoms with Gasteiger partial charge < -0.3 is 20.5 Å². The molecule has 2 amide bonds. The van der Waals surface area contributed by atoms with Gasteiger partial charge in [0.15, 0.2) is 0 Å². The summed E-state index contributed by atoms with van der Waals surface area (Å²) in [7, 11) is 3.18. The lowest BCUT2D eigenvalue weighted by atomic mass is 10.1. The Morgan fingerprint density at radius 2 is 1.81 bits per heavy atom. The zero-order chi connectivity index (χ0) is 23.5. The van der Waals surface area contributed by atoms with Crippen LogP contribution < -0.4 is 16.0 Å². The number of rotatable bonds is 6. The maximum Gasteiger partial charge on any atom is 0.416 e. The lowest BCUT2D eigenvalue weighted by molar-refractivity contribution is -0.137. The smallest absolute Gasteiger partial charge is 0.361 e.